The van der Waals surface area contributed by atoms with Crippen molar-refractivity contribution in [2.24, 2.45) is 16.7 Å². The number of cyclic esters (lactones) is 1. The number of ether oxygens (including phenoxy) is 3. The van der Waals surface area contributed by atoms with Crippen molar-refractivity contribution in [1.29, 1.82) is 0 Å². The van der Waals surface area contributed by atoms with Crippen LogP contribution in [0.15, 0.2) is 96.6 Å². The maximum atomic E-state index is 13.5. The minimum Gasteiger partial charge on any atom is -0.458 e. The number of hydrogen-bond donors (Lipinski definition) is 1. The summed E-state index contributed by atoms with van der Waals surface area (Å²) in [4.78, 5) is 38.7. The lowest BCUT2D eigenvalue weighted by Crippen LogP contribution is -2.72. The van der Waals surface area contributed by atoms with E-state index >= 15 is 0 Å². The van der Waals surface area contributed by atoms with Gasteiger partial charge in [0.1, 0.15) is 12.2 Å². The Morgan fingerprint density at radius 1 is 0.951 bits per heavy atom. The van der Waals surface area contributed by atoms with Gasteiger partial charge in [0.05, 0.1) is 11.1 Å². The summed E-state index contributed by atoms with van der Waals surface area (Å²) < 4.78 is 17.5. The molecule has 2 fully saturated rings. The normalized spacial score (nSPS) is 33.1. The highest BCUT2D eigenvalue weighted by Gasteiger charge is 2.70. The van der Waals surface area contributed by atoms with E-state index in [1.54, 1.807) is 67.6 Å². The van der Waals surface area contributed by atoms with Gasteiger partial charge in [-0.2, -0.15) is 0 Å². The summed E-state index contributed by atoms with van der Waals surface area (Å²) >= 11 is 0. The molecule has 214 valence electrons. The molecule has 41 heavy (non-hydrogen) atoms. The number of benzene rings is 2. The lowest BCUT2D eigenvalue weighted by molar-refractivity contribution is -0.253. The quantitative estimate of drug-likeness (QED) is 0.281. The topological polar surface area (TPSA) is 99.1 Å². The maximum absolute atomic E-state index is 13.5. The maximum Gasteiger partial charge on any atom is 0.338 e. The van der Waals surface area contributed by atoms with Gasteiger partial charge < -0.3 is 19.3 Å². The molecular weight excluding hydrogens is 520 g/mol. The fraction of sp³-hybridized carbons (Fsp3) is 0.382. The molecule has 5 rings (SSSR count). The second-order valence-electron chi connectivity index (χ2n) is 11.8. The van der Waals surface area contributed by atoms with Gasteiger partial charge in [0.15, 0.2) is 12.2 Å². The molecule has 0 unspecified atom stereocenters. The van der Waals surface area contributed by atoms with E-state index in [0.29, 0.717) is 23.1 Å². The second kappa shape index (κ2) is 10.8. The van der Waals surface area contributed by atoms with Crippen LogP contribution in [0.1, 0.15) is 60.7 Å². The highest BCUT2D eigenvalue weighted by molar-refractivity contribution is 5.90. The van der Waals surface area contributed by atoms with Crippen LogP contribution in [0.2, 0.25) is 0 Å². The summed E-state index contributed by atoms with van der Waals surface area (Å²) in [5, 5.41) is 12.5. The SMILES string of the molecule is C=C1CCC[C@H]2[C@@]1(C)[C@@H](OC(=O)c1ccccc1)[C@H](OC(=O)c1ccccc1)[C@](C)(O)[C@]2(C)/C=C/C1=CC(=O)OC1. The van der Waals surface area contributed by atoms with E-state index in [2.05, 4.69) is 6.58 Å². The number of hydrogen-bond acceptors (Lipinski definition) is 7. The fourth-order valence-electron chi connectivity index (χ4n) is 6.85. The van der Waals surface area contributed by atoms with Crippen molar-refractivity contribution in [2.75, 3.05) is 6.61 Å². The van der Waals surface area contributed by atoms with Gasteiger partial charge in [-0.15, -0.1) is 0 Å². The fourth-order valence-corrected chi connectivity index (χ4v) is 6.85. The van der Waals surface area contributed by atoms with Crippen LogP contribution in [0.25, 0.3) is 0 Å². The van der Waals surface area contributed by atoms with Crippen molar-refractivity contribution in [1.82, 2.24) is 0 Å². The standard InChI is InChI=1S/C34H36O7/c1-22-12-11-17-26-32(2,19-18-23-20-27(35)39-21-23)34(4,38)29(41-31(37)25-15-9-6-10-16-25)28(33(22,26)3)40-30(36)24-13-7-5-8-14-24/h5-10,13-16,18-20,26,28-29,38H,1,11-12,17,21H2,2-4H3/b19-18+/t26-,28+,29+,32-,33+,34+/m1/s1. The van der Waals surface area contributed by atoms with E-state index in [9.17, 15) is 19.5 Å². The van der Waals surface area contributed by atoms with Gasteiger partial charge in [-0.25, -0.2) is 14.4 Å². The van der Waals surface area contributed by atoms with E-state index in [-0.39, 0.29) is 12.5 Å². The third-order valence-electron chi connectivity index (χ3n) is 9.51. The highest BCUT2D eigenvalue weighted by Crippen LogP contribution is 2.64. The zero-order valence-corrected chi connectivity index (χ0v) is 23.7. The molecule has 0 aromatic heterocycles. The number of carbonyl (C=O) groups is 3. The Bertz CT molecular complexity index is 1410. The molecule has 2 aliphatic carbocycles. The number of aliphatic hydroxyl groups is 1. The molecule has 2 aromatic rings. The van der Waals surface area contributed by atoms with Gasteiger partial charge >= 0.3 is 17.9 Å². The van der Waals surface area contributed by atoms with Crippen molar-refractivity contribution in [3.63, 3.8) is 0 Å². The molecule has 6 atom stereocenters. The first-order chi connectivity index (χ1) is 19.5. The molecule has 0 radical (unpaired) electrons. The Labute approximate surface area is 240 Å². The van der Waals surface area contributed by atoms with Crippen molar-refractivity contribution in [3.8, 4) is 0 Å². The third kappa shape index (κ3) is 4.93. The Morgan fingerprint density at radius 2 is 1.51 bits per heavy atom. The van der Waals surface area contributed by atoms with E-state index in [0.717, 1.165) is 18.4 Å². The average molecular weight is 557 g/mol. The van der Waals surface area contributed by atoms with Gasteiger partial charge in [0.25, 0.3) is 0 Å². The summed E-state index contributed by atoms with van der Waals surface area (Å²) in [5.74, 6) is -1.86. The van der Waals surface area contributed by atoms with Crippen LogP contribution in [0, 0.1) is 16.7 Å². The van der Waals surface area contributed by atoms with Crippen LogP contribution in [-0.4, -0.2) is 47.4 Å². The molecule has 7 heteroatoms. The first kappa shape index (κ1) is 28.6. The van der Waals surface area contributed by atoms with Crippen molar-refractivity contribution in [2.45, 2.75) is 57.8 Å². The first-order valence-corrected chi connectivity index (χ1v) is 14.0. The summed E-state index contributed by atoms with van der Waals surface area (Å²) in [6.07, 6.45) is 5.12. The van der Waals surface area contributed by atoms with Crippen LogP contribution in [0.4, 0.5) is 0 Å². The van der Waals surface area contributed by atoms with Gasteiger partial charge in [-0.3, -0.25) is 0 Å². The molecule has 1 aliphatic heterocycles. The first-order valence-electron chi connectivity index (χ1n) is 14.0. The predicted molar refractivity (Wildman–Crippen MR) is 153 cm³/mol. The Morgan fingerprint density at radius 3 is 2.05 bits per heavy atom. The monoisotopic (exact) mass is 556 g/mol. The molecular formula is C34H36O7. The molecule has 0 spiro atoms. The Kier molecular flexibility index (Phi) is 7.51. The summed E-state index contributed by atoms with van der Waals surface area (Å²) in [6.45, 7) is 10.1. The lowest BCUT2D eigenvalue weighted by atomic mass is 9.43. The van der Waals surface area contributed by atoms with Crippen LogP contribution >= 0.6 is 0 Å². The molecule has 2 saturated carbocycles. The van der Waals surface area contributed by atoms with Crippen LogP contribution in [-0.2, 0) is 19.0 Å². The van der Waals surface area contributed by atoms with Gasteiger partial charge in [0.2, 0.25) is 0 Å². The average Bonchev–Trinajstić information content (AvgIpc) is 3.39. The highest BCUT2D eigenvalue weighted by atomic mass is 16.6. The van der Waals surface area contributed by atoms with Crippen LogP contribution < -0.4 is 0 Å². The van der Waals surface area contributed by atoms with Crippen molar-refractivity contribution >= 4 is 17.9 Å². The number of carbonyl (C=O) groups excluding carboxylic acids is 3. The van der Waals surface area contributed by atoms with Crippen molar-refractivity contribution in [3.05, 3.63) is 108 Å². The molecule has 2 aromatic carbocycles. The predicted octanol–water partition coefficient (Wildman–Crippen LogP) is 5.61. The molecule has 0 bridgehead atoms. The van der Waals surface area contributed by atoms with E-state index in [1.807, 2.05) is 26.0 Å². The van der Waals surface area contributed by atoms with E-state index in [4.69, 9.17) is 14.2 Å². The Hall–Kier alpha value is -3.97. The minimum absolute atomic E-state index is 0.145. The third-order valence-corrected chi connectivity index (χ3v) is 9.51. The molecule has 1 N–H and O–H groups in total. The zero-order chi connectivity index (χ0) is 29.4. The van der Waals surface area contributed by atoms with Gasteiger partial charge in [-0.05, 0) is 61.9 Å². The van der Waals surface area contributed by atoms with Crippen molar-refractivity contribution < 1.29 is 33.7 Å². The number of esters is 3. The van der Waals surface area contributed by atoms with Crippen LogP contribution in [0.3, 0.4) is 0 Å². The van der Waals surface area contributed by atoms with Gasteiger partial charge in [-0.1, -0.05) is 74.5 Å². The molecule has 7 nitrogen and oxygen atoms in total. The zero-order valence-electron chi connectivity index (χ0n) is 23.7. The molecule has 0 saturated heterocycles. The molecule has 3 aliphatic rings. The Balaban J connectivity index is 1.64. The summed E-state index contributed by atoms with van der Waals surface area (Å²) in [6, 6.07) is 17.2. The molecule has 0 amide bonds. The summed E-state index contributed by atoms with van der Waals surface area (Å²) in [7, 11) is 0. The van der Waals surface area contributed by atoms with Gasteiger partial charge in [0, 0.05) is 16.9 Å². The minimum atomic E-state index is -1.69. The smallest absolute Gasteiger partial charge is 0.338 e. The van der Waals surface area contributed by atoms with E-state index < -0.39 is 46.5 Å². The second-order valence-corrected chi connectivity index (χ2v) is 11.8. The summed E-state index contributed by atoms with van der Waals surface area (Å²) in [5.41, 5.74) is -1.30. The molecule has 1 heterocycles. The van der Waals surface area contributed by atoms with Crippen LogP contribution in [0.5, 0.6) is 0 Å². The van der Waals surface area contributed by atoms with E-state index in [1.165, 1.54) is 6.08 Å². The number of rotatable bonds is 6. The number of fused-ring (bicyclic) bond motifs is 1. The lowest BCUT2D eigenvalue weighted by Gasteiger charge is -2.64. The largest absolute Gasteiger partial charge is 0.458 e.